The second kappa shape index (κ2) is 5.32. The summed E-state index contributed by atoms with van der Waals surface area (Å²) in [5.41, 5.74) is 0.818. The Morgan fingerprint density at radius 1 is 1.25 bits per heavy atom. The molecule has 0 unspecified atom stereocenters. The van der Waals surface area contributed by atoms with Crippen molar-refractivity contribution in [2.24, 2.45) is 5.10 Å². The molecule has 0 fully saturated rings. The number of benzene rings is 1. The molecule has 20 heavy (non-hydrogen) atoms. The Bertz CT molecular complexity index is 582. The Labute approximate surface area is 111 Å². The van der Waals surface area contributed by atoms with Gasteiger partial charge in [0.25, 0.3) is 5.91 Å². The van der Waals surface area contributed by atoms with Gasteiger partial charge in [0.05, 0.1) is 11.3 Å². The summed E-state index contributed by atoms with van der Waals surface area (Å²) in [5.74, 6) is -1.10. The number of hydrogen-bond donors (Lipinski definition) is 2. The highest BCUT2D eigenvalue weighted by Gasteiger charge is 2.34. The summed E-state index contributed by atoms with van der Waals surface area (Å²) in [4.78, 5) is 22.7. The fourth-order valence-electron chi connectivity index (χ4n) is 1.67. The molecule has 106 valence electrons. The van der Waals surface area contributed by atoms with E-state index in [-0.39, 0.29) is 30.1 Å². The molecular weight excluding hydrogens is 275 g/mol. The molecule has 0 aromatic heterocycles. The van der Waals surface area contributed by atoms with Gasteiger partial charge in [-0.3, -0.25) is 9.59 Å². The Morgan fingerprint density at radius 2 is 1.95 bits per heavy atom. The van der Waals surface area contributed by atoms with Crippen molar-refractivity contribution >= 4 is 23.2 Å². The maximum atomic E-state index is 12.8. The van der Waals surface area contributed by atoms with E-state index in [1.165, 1.54) is 12.1 Å². The third kappa shape index (κ3) is 3.14. The molecule has 1 aliphatic rings. The summed E-state index contributed by atoms with van der Waals surface area (Å²) in [6, 6.07) is 4.65. The van der Waals surface area contributed by atoms with Gasteiger partial charge in [0.1, 0.15) is 5.71 Å². The van der Waals surface area contributed by atoms with Crippen molar-refractivity contribution in [3.63, 3.8) is 0 Å². The first kappa shape index (κ1) is 14.0. The average molecular weight is 285 g/mol. The summed E-state index contributed by atoms with van der Waals surface area (Å²) >= 11 is 0. The van der Waals surface area contributed by atoms with Crippen LogP contribution in [0.4, 0.5) is 18.9 Å². The van der Waals surface area contributed by atoms with Gasteiger partial charge in [0.15, 0.2) is 0 Å². The first-order valence-electron chi connectivity index (χ1n) is 5.71. The highest BCUT2D eigenvalue weighted by Crippen LogP contribution is 2.34. The maximum Gasteiger partial charge on any atom is 0.418 e. The lowest BCUT2D eigenvalue weighted by molar-refractivity contribution is -0.137. The normalized spacial score (nSPS) is 15.3. The van der Waals surface area contributed by atoms with Crippen LogP contribution in [0.2, 0.25) is 0 Å². The molecule has 2 rings (SSSR count). The van der Waals surface area contributed by atoms with Gasteiger partial charge in [-0.05, 0) is 12.1 Å². The first-order valence-corrected chi connectivity index (χ1v) is 5.71. The SMILES string of the molecule is O=C1CCC(C(=O)Nc2ccccc2C(F)(F)F)=NN1. The molecule has 0 saturated heterocycles. The predicted molar refractivity (Wildman–Crippen MR) is 64.9 cm³/mol. The minimum atomic E-state index is -4.56. The van der Waals surface area contributed by atoms with Gasteiger partial charge in [-0.25, -0.2) is 5.43 Å². The number of para-hydroxylation sites is 1. The lowest BCUT2D eigenvalue weighted by Crippen LogP contribution is -2.33. The second-order valence-corrected chi connectivity index (χ2v) is 4.09. The van der Waals surface area contributed by atoms with Gasteiger partial charge in [0, 0.05) is 12.8 Å². The predicted octanol–water partition coefficient (Wildman–Crippen LogP) is 1.91. The van der Waals surface area contributed by atoms with Crippen molar-refractivity contribution in [1.29, 1.82) is 0 Å². The van der Waals surface area contributed by atoms with Crippen molar-refractivity contribution in [2.75, 3.05) is 5.32 Å². The van der Waals surface area contributed by atoms with Gasteiger partial charge < -0.3 is 5.32 Å². The molecule has 2 amide bonds. The quantitative estimate of drug-likeness (QED) is 0.871. The topological polar surface area (TPSA) is 70.6 Å². The van der Waals surface area contributed by atoms with Crippen molar-refractivity contribution in [1.82, 2.24) is 5.43 Å². The molecule has 0 saturated carbocycles. The molecule has 0 radical (unpaired) electrons. The fraction of sp³-hybridized carbons (Fsp3) is 0.250. The monoisotopic (exact) mass is 285 g/mol. The molecule has 2 N–H and O–H groups in total. The molecule has 1 heterocycles. The molecule has 1 aliphatic heterocycles. The highest BCUT2D eigenvalue weighted by molar-refractivity contribution is 6.43. The number of amides is 2. The number of nitrogens with zero attached hydrogens (tertiary/aromatic N) is 1. The van der Waals surface area contributed by atoms with Crippen LogP contribution in [0.3, 0.4) is 0 Å². The Kier molecular flexibility index (Phi) is 3.73. The number of hydrazone groups is 1. The van der Waals surface area contributed by atoms with Crippen LogP contribution in [0.1, 0.15) is 18.4 Å². The zero-order valence-electron chi connectivity index (χ0n) is 10.1. The van der Waals surface area contributed by atoms with Crippen LogP contribution in [-0.4, -0.2) is 17.5 Å². The smallest absolute Gasteiger partial charge is 0.320 e. The molecule has 0 spiro atoms. The molecule has 0 bridgehead atoms. The van der Waals surface area contributed by atoms with Gasteiger partial charge in [-0.1, -0.05) is 12.1 Å². The molecular formula is C12H10F3N3O2. The van der Waals surface area contributed by atoms with E-state index in [9.17, 15) is 22.8 Å². The summed E-state index contributed by atoms with van der Waals surface area (Å²) in [6.45, 7) is 0. The summed E-state index contributed by atoms with van der Waals surface area (Å²) in [7, 11) is 0. The molecule has 1 aromatic rings. The first-order chi connectivity index (χ1) is 9.38. The molecule has 5 nitrogen and oxygen atoms in total. The molecule has 0 aliphatic carbocycles. The lowest BCUT2D eigenvalue weighted by Gasteiger charge is -2.15. The van der Waals surface area contributed by atoms with Gasteiger partial charge in [0.2, 0.25) is 5.91 Å². The van der Waals surface area contributed by atoms with Crippen molar-refractivity contribution in [3.05, 3.63) is 29.8 Å². The average Bonchev–Trinajstić information content (AvgIpc) is 2.38. The van der Waals surface area contributed by atoms with Crippen LogP contribution in [-0.2, 0) is 15.8 Å². The zero-order chi connectivity index (χ0) is 14.8. The number of alkyl halides is 3. The summed E-state index contributed by atoms with van der Waals surface area (Å²) in [5, 5.41) is 5.68. The zero-order valence-corrected chi connectivity index (χ0v) is 10.1. The van der Waals surface area contributed by atoms with Crippen LogP contribution in [0.15, 0.2) is 29.4 Å². The van der Waals surface area contributed by atoms with Gasteiger partial charge in [-0.2, -0.15) is 18.3 Å². The van der Waals surface area contributed by atoms with E-state index < -0.39 is 17.6 Å². The number of anilines is 1. The van der Waals surface area contributed by atoms with Gasteiger partial charge in [-0.15, -0.1) is 0 Å². The minimum absolute atomic E-state index is 0.0124. The van der Waals surface area contributed by atoms with E-state index in [1.807, 2.05) is 0 Å². The molecule has 1 aromatic carbocycles. The molecule has 8 heteroatoms. The third-order valence-electron chi connectivity index (χ3n) is 2.65. The van der Waals surface area contributed by atoms with Crippen molar-refractivity contribution in [3.8, 4) is 0 Å². The molecule has 0 atom stereocenters. The number of carbonyl (C=O) groups excluding carboxylic acids is 2. The van der Waals surface area contributed by atoms with Gasteiger partial charge >= 0.3 is 6.18 Å². The van der Waals surface area contributed by atoms with Crippen molar-refractivity contribution < 1.29 is 22.8 Å². The summed E-state index contributed by atoms with van der Waals surface area (Å²) < 4.78 is 38.3. The standard InChI is InChI=1S/C12H10F3N3O2/c13-12(14,15)7-3-1-2-4-8(7)16-11(20)9-5-6-10(19)18-17-9/h1-4H,5-6H2,(H,16,20)(H,18,19). The Balaban J connectivity index is 2.19. The van der Waals surface area contributed by atoms with E-state index in [0.717, 1.165) is 12.1 Å². The van der Waals surface area contributed by atoms with E-state index in [2.05, 4.69) is 15.8 Å². The van der Waals surface area contributed by atoms with E-state index >= 15 is 0 Å². The largest absolute Gasteiger partial charge is 0.418 e. The second-order valence-electron chi connectivity index (χ2n) is 4.09. The lowest BCUT2D eigenvalue weighted by atomic mass is 10.1. The fourth-order valence-corrected chi connectivity index (χ4v) is 1.67. The van der Waals surface area contributed by atoms with Crippen LogP contribution >= 0.6 is 0 Å². The number of carbonyl (C=O) groups is 2. The van der Waals surface area contributed by atoms with Crippen molar-refractivity contribution in [2.45, 2.75) is 19.0 Å². The van der Waals surface area contributed by atoms with Crippen LogP contribution in [0, 0.1) is 0 Å². The van der Waals surface area contributed by atoms with Crippen LogP contribution < -0.4 is 10.7 Å². The summed E-state index contributed by atoms with van der Waals surface area (Å²) in [6.07, 6.45) is -4.40. The Morgan fingerprint density at radius 3 is 2.55 bits per heavy atom. The highest BCUT2D eigenvalue weighted by atomic mass is 19.4. The number of rotatable bonds is 2. The Hall–Kier alpha value is -2.38. The minimum Gasteiger partial charge on any atom is -0.320 e. The van der Waals surface area contributed by atoms with Crippen LogP contribution in [0.5, 0.6) is 0 Å². The van der Waals surface area contributed by atoms with E-state index in [0.29, 0.717) is 0 Å². The number of hydrogen-bond acceptors (Lipinski definition) is 3. The number of nitrogens with one attached hydrogen (secondary N) is 2. The third-order valence-corrected chi connectivity index (χ3v) is 2.65. The van der Waals surface area contributed by atoms with Crippen LogP contribution in [0.25, 0.3) is 0 Å². The number of halogens is 3. The van der Waals surface area contributed by atoms with E-state index in [1.54, 1.807) is 0 Å². The van der Waals surface area contributed by atoms with E-state index in [4.69, 9.17) is 0 Å². The maximum absolute atomic E-state index is 12.8.